The van der Waals surface area contributed by atoms with Crippen LogP contribution in [0.2, 0.25) is 5.02 Å². The topological polar surface area (TPSA) is 73.8 Å². The first kappa shape index (κ1) is 23.2. The molecule has 2 N–H and O–H groups in total. The Morgan fingerprint density at radius 2 is 1.72 bits per heavy atom. The van der Waals surface area contributed by atoms with Gasteiger partial charge < -0.3 is 10.6 Å². The first-order chi connectivity index (χ1) is 15.4. The van der Waals surface area contributed by atoms with Gasteiger partial charge in [-0.3, -0.25) is 4.99 Å². The molecule has 0 amide bonds. The Bertz CT molecular complexity index is 1040. The minimum Gasteiger partial charge on any atom is -0.368 e. The van der Waals surface area contributed by atoms with Gasteiger partial charge in [-0.1, -0.05) is 49.2 Å². The Morgan fingerprint density at radius 3 is 2.38 bits per heavy atom. The van der Waals surface area contributed by atoms with Gasteiger partial charge in [0.15, 0.2) is 0 Å². The van der Waals surface area contributed by atoms with Gasteiger partial charge in [-0.2, -0.15) is 4.31 Å². The highest BCUT2D eigenvalue weighted by Gasteiger charge is 2.43. The minimum atomic E-state index is -3.49. The summed E-state index contributed by atoms with van der Waals surface area (Å²) >= 11 is 5.99. The van der Waals surface area contributed by atoms with Crippen LogP contribution in [0.1, 0.15) is 37.3 Å². The second kappa shape index (κ2) is 9.91. The molecule has 172 valence electrons. The maximum Gasteiger partial charge on any atom is 0.243 e. The third-order valence-electron chi connectivity index (χ3n) is 6.35. The van der Waals surface area contributed by atoms with Crippen LogP contribution < -0.4 is 10.6 Å². The number of halogens is 1. The van der Waals surface area contributed by atoms with E-state index in [1.807, 2.05) is 36.4 Å². The Kier molecular flexibility index (Phi) is 7.20. The third-order valence-corrected chi connectivity index (χ3v) is 8.51. The van der Waals surface area contributed by atoms with E-state index in [2.05, 4.69) is 17.6 Å². The van der Waals surface area contributed by atoms with Gasteiger partial charge in [0.05, 0.1) is 17.0 Å². The van der Waals surface area contributed by atoms with Crippen LogP contribution in [-0.4, -0.2) is 50.3 Å². The Labute approximate surface area is 196 Å². The van der Waals surface area contributed by atoms with Gasteiger partial charge in [-0.05, 0) is 54.7 Å². The molecule has 0 radical (unpaired) electrons. The molecular formula is C24H31ClN4O2S. The second-order valence-corrected chi connectivity index (χ2v) is 10.9. The average Bonchev–Trinajstić information content (AvgIpc) is 2.81. The van der Waals surface area contributed by atoms with Crippen molar-refractivity contribution >= 4 is 27.5 Å². The first-order valence-electron chi connectivity index (χ1n) is 11.3. The number of aliphatic imine (C=N–C) groups is 1. The number of sulfonamides is 1. The molecule has 2 aliphatic heterocycles. The highest BCUT2D eigenvalue weighted by Crippen LogP contribution is 2.29. The van der Waals surface area contributed by atoms with E-state index < -0.39 is 10.0 Å². The molecule has 2 aromatic rings. The van der Waals surface area contributed by atoms with E-state index in [-0.39, 0.29) is 5.54 Å². The summed E-state index contributed by atoms with van der Waals surface area (Å²) in [5.41, 5.74) is 1.99. The lowest BCUT2D eigenvalue weighted by Gasteiger charge is -2.44. The smallest absolute Gasteiger partial charge is 0.243 e. The van der Waals surface area contributed by atoms with E-state index in [9.17, 15) is 8.42 Å². The number of aryl methyl sites for hydroxylation is 1. The van der Waals surface area contributed by atoms with Crippen molar-refractivity contribution < 1.29 is 8.42 Å². The molecule has 0 saturated carbocycles. The van der Waals surface area contributed by atoms with Crippen LogP contribution in [0, 0.1) is 0 Å². The Morgan fingerprint density at radius 1 is 1.06 bits per heavy atom. The normalized spacial score (nSPS) is 19.0. The van der Waals surface area contributed by atoms with Gasteiger partial charge in [-0.25, -0.2) is 8.42 Å². The molecule has 0 bridgehead atoms. The molecule has 2 heterocycles. The summed E-state index contributed by atoms with van der Waals surface area (Å²) in [5, 5.41) is 7.84. The molecule has 8 heteroatoms. The predicted molar refractivity (Wildman–Crippen MR) is 130 cm³/mol. The van der Waals surface area contributed by atoms with Crippen LogP contribution in [0.5, 0.6) is 0 Å². The van der Waals surface area contributed by atoms with E-state index in [1.54, 1.807) is 16.4 Å². The van der Waals surface area contributed by atoms with Crippen molar-refractivity contribution in [3.63, 3.8) is 0 Å². The number of piperidine rings is 1. The van der Waals surface area contributed by atoms with Gasteiger partial charge in [0.2, 0.25) is 10.0 Å². The Hall–Kier alpha value is -1.93. The quantitative estimate of drug-likeness (QED) is 0.670. The Balaban J connectivity index is 1.42. The number of nitrogens with one attached hydrogen (secondary N) is 2. The first-order valence-corrected chi connectivity index (χ1v) is 13.1. The summed E-state index contributed by atoms with van der Waals surface area (Å²) in [6, 6.07) is 15.1. The number of hydrogen-bond donors (Lipinski definition) is 2. The fourth-order valence-corrected chi connectivity index (χ4v) is 6.07. The van der Waals surface area contributed by atoms with E-state index >= 15 is 0 Å². The number of hydrogen-bond acceptors (Lipinski definition) is 5. The molecule has 32 heavy (non-hydrogen) atoms. The minimum absolute atomic E-state index is 0.304. The monoisotopic (exact) mass is 474 g/mol. The van der Waals surface area contributed by atoms with Crippen LogP contribution in [0.25, 0.3) is 0 Å². The summed E-state index contributed by atoms with van der Waals surface area (Å²) in [6.45, 7) is 5.23. The highest BCUT2D eigenvalue weighted by atomic mass is 35.5. The second-order valence-electron chi connectivity index (χ2n) is 8.52. The molecule has 2 aliphatic rings. The number of rotatable bonds is 6. The zero-order valence-electron chi connectivity index (χ0n) is 18.5. The van der Waals surface area contributed by atoms with E-state index in [4.69, 9.17) is 16.6 Å². The number of benzene rings is 2. The third kappa shape index (κ3) is 5.01. The van der Waals surface area contributed by atoms with Crippen molar-refractivity contribution in [1.82, 2.24) is 14.9 Å². The van der Waals surface area contributed by atoms with Crippen molar-refractivity contribution in [2.75, 3.05) is 26.2 Å². The molecule has 1 spiro atoms. The van der Waals surface area contributed by atoms with E-state index in [1.165, 1.54) is 5.56 Å². The summed E-state index contributed by atoms with van der Waals surface area (Å²) < 4.78 is 28.0. The summed E-state index contributed by atoms with van der Waals surface area (Å²) in [4.78, 5) is 5.14. The lowest BCUT2D eigenvalue weighted by atomic mass is 9.85. The van der Waals surface area contributed by atoms with Crippen molar-refractivity contribution in [2.45, 2.75) is 49.6 Å². The molecule has 0 aromatic heterocycles. The zero-order chi connectivity index (χ0) is 22.6. The van der Waals surface area contributed by atoms with Gasteiger partial charge in [0, 0.05) is 31.2 Å². The van der Waals surface area contributed by atoms with E-state index in [0.29, 0.717) is 37.4 Å². The molecule has 4 rings (SSSR count). The lowest BCUT2D eigenvalue weighted by molar-refractivity contribution is 0.241. The lowest BCUT2D eigenvalue weighted by Crippen LogP contribution is -2.64. The van der Waals surface area contributed by atoms with Crippen molar-refractivity contribution in [1.29, 1.82) is 0 Å². The van der Waals surface area contributed by atoms with Gasteiger partial charge in [0.25, 0.3) is 0 Å². The number of amidine groups is 1. The molecule has 2 aromatic carbocycles. The molecular weight excluding hydrogens is 444 g/mol. The molecule has 0 aliphatic carbocycles. The predicted octanol–water partition coefficient (Wildman–Crippen LogP) is 3.61. The van der Waals surface area contributed by atoms with Crippen LogP contribution in [-0.2, 0) is 23.0 Å². The van der Waals surface area contributed by atoms with Crippen LogP contribution in [0.4, 0.5) is 0 Å². The van der Waals surface area contributed by atoms with Crippen molar-refractivity contribution in [2.24, 2.45) is 4.99 Å². The number of nitrogens with zero attached hydrogens (tertiary/aromatic N) is 2. The molecule has 1 saturated heterocycles. The fraction of sp³-hybridized carbons (Fsp3) is 0.458. The zero-order valence-corrected chi connectivity index (χ0v) is 20.1. The maximum atomic E-state index is 13.2. The molecule has 0 unspecified atom stereocenters. The molecule has 6 nitrogen and oxygen atoms in total. The van der Waals surface area contributed by atoms with Crippen LogP contribution in [0.3, 0.4) is 0 Å². The average molecular weight is 475 g/mol. The SMILES string of the molecule is CCCc1ccc(S(=O)(=O)N2CCC3(CC2)NCCN=C3NCc2ccc(Cl)cc2)cc1. The largest absolute Gasteiger partial charge is 0.368 e. The van der Waals surface area contributed by atoms with Crippen molar-refractivity contribution in [3.05, 3.63) is 64.7 Å². The van der Waals surface area contributed by atoms with Crippen LogP contribution in [0.15, 0.2) is 58.4 Å². The van der Waals surface area contributed by atoms with E-state index in [0.717, 1.165) is 42.4 Å². The maximum absolute atomic E-state index is 13.2. The summed E-state index contributed by atoms with van der Waals surface area (Å²) in [6.07, 6.45) is 3.38. The molecule has 0 atom stereocenters. The van der Waals surface area contributed by atoms with Crippen molar-refractivity contribution in [3.8, 4) is 0 Å². The fourth-order valence-electron chi connectivity index (χ4n) is 4.50. The van der Waals surface area contributed by atoms with Crippen LogP contribution >= 0.6 is 11.6 Å². The van der Waals surface area contributed by atoms with Gasteiger partial charge >= 0.3 is 0 Å². The summed E-state index contributed by atoms with van der Waals surface area (Å²) in [7, 11) is -3.49. The summed E-state index contributed by atoms with van der Waals surface area (Å²) in [5.74, 6) is 0.930. The highest BCUT2D eigenvalue weighted by molar-refractivity contribution is 7.89. The van der Waals surface area contributed by atoms with Gasteiger partial charge in [0.1, 0.15) is 5.84 Å². The van der Waals surface area contributed by atoms with Gasteiger partial charge in [-0.15, -0.1) is 0 Å². The standard InChI is InChI=1S/C24H31ClN4O2S/c1-2-3-19-6-10-22(11-7-19)32(30,31)29-16-12-24(13-17-29)23(26-14-15-28-24)27-18-20-4-8-21(25)9-5-20/h4-11,28H,2-3,12-18H2,1H3,(H,26,27). The molecule has 1 fully saturated rings.